The molecule has 18 heavy (non-hydrogen) atoms. The Morgan fingerprint density at radius 2 is 1.94 bits per heavy atom. The van der Waals surface area contributed by atoms with Crippen molar-refractivity contribution in [2.45, 2.75) is 30.2 Å². The Hall–Kier alpha value is -1.07. The quantitative estimate of drug-likeness (QED) is 0.870. The fourth-order valence-corrected chi connectivity index (χ4v) is 3.02. The number of rotatable bonds is 4. The molecule has 0 radical (unpaired) electrons. The summed E-state index contributed by atoms with van der Waals surface area (Å²) in [4.78, 5) is 0.352. The van der Waals surface area contributed by atoms with E-state index >= 15 is 0 Å². The van der Waals surface area contributed by atoms with Gasteiger partial charge in [-0.15, -0.1) is 0 Å². The second-order valence-corrected chi connectivity index (χ2v) is 7.05. The lowest BCUT2D eigenvalue weighted by atomic mass is 10.0. The molecule has 5 heteroatoms. The maximum Gasteiger partial charge on any atom is 0.175 e. The van der Waals surface area contributed by atoms with Gasteiger partial charge in [0.15, 0.2) is 9.84 Å². The van der Waals surface area contributed by atoms with E-state index in [2.05, 4.69) is 5.32 Å². The number of anilines is 1. The van der Waals surface area contributed by atoms with Crippen molar-refractivity contribution in [3.63, 3.8) is 0 Å². The predicted octanol–water partition coefficient (Wildman–Crippen LogP) is 1.63. The van der Waals surface area contributed by atoms with Crippen LogP contribution < -0.4 is 11.1 Å². The van der Waals surface area contributed by atoms with E-state index < -0.39 is 9.84 Å². The van der Waals surface area contributed by atoms with Crippen molar-refractivity contribution in [2.24, 2.45) is 11.7 Å². The van der Waals surface area contributed by atoms with Crippen LogP contribution in [0, 0.1) is 5.92 Å². The van der Waals surface area contributed by atoms with Gasteiger partial charge in [-0.05, 0) is 43.0 Å². The lowest BCUT2D eigenvalue weighted by molar-refractivity contribution is 0.505. The molecule has 0 aromatic heterocycles. The fourth-order valence-electron chi connectivity index (χ4n) is 2.39. The molecule has 1 fully saturated rings. The van der Waals surface area contributed by atoms with Gasteiger partial charge in [-0.25, -0.2) is 8.42 Å². The Labute approximate surface area is 108 Å². The van der Waals surface area contributed by atoms with E-state index in [1.807, 2.05) is 0 Å². The van der Waals surface area contributed by atoms with Crippen molar-refractivity contribution in [1.82, 2.24) is 0 Å². The summed E-state index contributed by atoms with van der Waals surface area (Å²) in [7, 11) is -3.11. The molecule has 100 valence electrons. The molecule has 0 heterocycles. The normalized spacial score (nSPS) is 24.1. The number of benzene rings is 1. The van der Waals surface area contributed by atoms with Gasteiger partial charge < -0.3 is 11.1 Å². The number of nitrogens with two attached hydrogens (primary N) is 1. The zero-order valence-corrected chi connectivity index (χ0v) is 11.4. The van der Waals surface area contributed by atoms with Crippen LogP contribution in [0.15, 0.2) is 29.2 Å². The van der Waals surface area contributed by atoms with Crippen LogP contribution in [0.2, 0.25) is 0 Å². The van der Waals surface area contributed by atoms with E-state index in [0.717, 1.165) is 18.7 Å². The summed E-state index contributed by atoms with van der Waals surface area (Å²) in [6.07, 6.45) is 4.71. The van der Waals surface area contributed by atoms with Crippen LogP contribution in [-0.2, 0) is 9.84 Å². The third kappa shape index (κ3) is 3.23. The Kier molecular flexibility index (Phi) is 3.92. The van der Waals surface area contributed by atoms with Crippen molar-refractivity contribution in [2.75, 3.05) is 18.1 Å². The van der Waals surface area contributed by atoms with Crippen LogP contribution in [0.4, 0.5) is 5.69 Å². The van der Waals surface area contributed by atoms with Gasteiger partial charge in [-0.2, -0.15) is 0 Å². The SMILES string of the molecule is CS(=O)(=O)c1ccc(NCC2CCCC2N)cc1. The summed E-state index contributed by atoms with van der Waals surface area (Å²) in [5.74, 6) is 0.527. The molecule has 2 atom stereocenters. The molecule has 1 aliphatic rings. The van der Waals surface area contributed by atoms with E-state index in [1.165, 1.54) is 19.1 Å². The highest BCUT2D eigenvalue weighted by Gasteiger charge is 2.23. The smallest absolute Gasteiger partial charge is 0.175 e. The molecule has 3 N–H and O–H groups in total. The Morgan fingerprint density at radius 3 is 2.44 bits per heavy atom. The Morgan fingerprint density at radius 1 is 1.28 bits per heavy atom. The summed E-state index contributed by atoms with van der Waals surface area (Å²) >= 11 is 0. The van der Waals surface area contributed by atoms with Gasteiger partial charge in [-0.3, -0.25) is 0 Å². The van der Waals surface area contributed by atoms with Gasteiger partial charge in [0.05, 0.1) is 4.90 Å². The minimum Gasteiger partial charge on any atom is -0.385 e. The molecule has 0 bridgehead atoms. The lowest BCUT2D eigenvalue weighted by Gasteiger charge is -2.16. The van der Waals surface area contributed by atoms with Crippen molar-refractivity contribution in [3.05, 3.63) is 24.3 Å². The number of hydrogen-bond donors (Lipinski definition) is 2. The molecule has 0 amide bonds. The van der Waals surface area contributed by atoms with E-state index in [0.29, 0.717) is 16.9 Å². The van der Waals surface area contributed by atoms with Crippen LogP contribution in [0.5, 0.6) is 0 Å². The average molecular weight is 268 g/mol. The van der Waals surface area contributed by atoms with Crippen molar-refractivity contribution < 1.29 is 8.42 Å². The van der Waals surface area contributed by atoms with Gasteiger partial charge in [0.25, 0.3) is 0 Å². The molecule has 2 rings (SSSR count). The maximum absolute atomic E-state index is 11.3. The predicted molar refractivity (Wildman–Crippen MR) is 73.4 cm³/mol. The summed E-state index contributed by atoms with van der Waals surface area (Å²) in [6.45, 7) is 0.861. The second-order valence-electron chi connectivity index (χ2n) is 5.03. The van der Waals surface area contributed by atoms with E-state index in [1.54, 1.807) is 24.3 Å². The monoisotopic (exact) mass is 268 g/mol. The van der Waals surface area contributed by atoms with Gasteiger partial charge in [0.2, 0.25) is 0 Å². The maximum atomic E-state index is 11.3. The summed E-state index contributed by atoms with van der Waals surface area (Å²) in [5, 5.41) is 3.32. The molecule has 0 spiro atoms. The number of nitrogens with one attached hydrogen (secondary N) is 1. The van der Waals surface area contributed by atoms with Crippen molar-refractivity contribution in [3.8, 4) is 0 Å². The second kappa shape index (κ2) is 5.28. The van der Waals surface area contributed by atoms with Gasteiger partial charge in [0.1, 0.15) is 0 Å². The Bertz CT molecular complexity index is 496. The minimum absolute atomic E-state index is 0.299. The van der Waals surface area contributed by atoms with Gasteiger partial charge in [0, 0.05) is 24.5 Å². The molecular weight excluding hydrogens is 248 g/mol. The first-order valence-corrected chi connectivity index (χ1v) is 8.15. The zero-order chi connectivity index (χ0) is 13.2. The highest BCUT2D eigenvalue weighted by molar-refractivity contribution is 7.90. The zero-order valence-electron chi connectivity index (χ0n) is 10.6. The van der Waals surface area contributed by atoms with E-state index in [4.69, 9.17) is 5.73 Å². The van der Waals surface area contributed by atoms with Crippen LogP contribution in [-0.4, -0.2) is 27.3 Å². The molecule has 4 nitrogen and oxygen atoms in total. The van der Waals surface area contributed by atoms with Gasteiger partial charge >= 0.3 is 0 Å². The standard InChI is InChI=1S/C13H20N2O2S/c1-18(16,17)12-7-5-11(6-8-12)15-9-10-3-2-4-13(10)14/h5-8,10,13,15H,2-4,9,14H2,1H3. The average Bonchev–Trinajstić information content (AvgIpc) is 2.72. The molecule has 1 aliphatic carbocycles. The van der Waals surface area contributed by atoms with Crippen LogP contribution in [0.3, 0.4) is 0 Å². The summed E-state index contributed by atoms with van der Waals surface area (Å²) in [6, 6.07) is 7.17. The van der Waals surface area contributed by atoms with E-state index in [9.17, 15) is 8.42 Å². The highest BCUT2D eigenvalue weighted by Crippen LogP contribution is 2.24. The molecule has 0 saturated heterocycles. The summed E-state index contributed by atoms with van der Waals surface area (Å²) < 4.78 is 22.6. The first-order valence-electron chi connectivity index (χ1n) is 6.26. The topological polar surface area (TPSA) is 72.2 Å². The highest BCUT2D eigenvalue weighted by atomic mass is 32.2. The molecule has 1 aromatic rings. The van der Waals surface area contributed by atoms with Crippen molar-refractivity contribution >= 4 is 15.5 Å². The summed E-state index contributed by atoms with van der Waals surface area (Å²) in [5.41, 5.74) is 6.95. The molecule has 0 aliphatic heterocycles. The lowest BCUT2D eigenvalue weighted by Crippen LogP contribution is -2.29. The largest absolute Gasteiger partial charge is 0.385 e. The number of hydrogen-bond acceptors (Lipinski definition) is 4. The first kappa shape index (κ1) is 13.4. The van der Waals surface area contributed by atoms with E-state index in [-0.39, 0.29) is 0 Å². The van der Waals surface area contributed by atoms with Crippen LogP contribution in [0.25, 0.3) is 0 Å². The van der Waals surface area contributed by atoms with Crippen LogP contribution in [0.1, 0.15) is 19.3 Å². The van der Waals surface area contributed by atoms with Gasteiger partial charge in [-0.1, -0.05) is 6.42 Å². The third-order valence-corrected chi connectivity index (χ3v) is 4.70. The molecule has 1 saturated carbocycles. The molecule has 1 aromatic carbocycles. The fraction of sp³-hybridized carbons (Fsp3) is 0.538. The first-order chi connectivity index (χ1) is 8.47. The molecule has 2 unspecified atom stereocenters. The van der Waals surface area contributed by atoms with Crippen molar-refractivity contribution in [1.29, 1.82) is 0 Å². The molecular formula is C13H20N2O2S. The third-order valence-electron chi connectivity index (χ3n) is 3.57. The Balaban J connectivity index is 1.94. The number of sulfone groups is 1. The van der Waals surface area contributed by atoms with Crippen LogP contribution >= 0.6 is 0 Å². The minimum atomic E-state index is -3.11.